The lowest BCUT2D eigenvalue weighted by Gasteiger charge is -2.19. The molecule has 0 saturated carbocycles. The lowest BCUT2D eigenvalue weighted by molar-refractivity contribution is -0.123. The molecule has 1 amide bonds. The van der Waals surface area contributed by atoms with Crippen LogP contribution in [0.1, 0.15) is 284 Å². The maximum atomic E-state index is 12.4. The van der Waals surface area contributed by atoms with Crippen molar-refractivity contribution in [2.24, 2.45) is 0 Å². The first-order valence-electron chi connectivity index (χ1n) is 26.2. The number of aliphatic hydroxyl groups is 2. The molecular weight excluding hydrogens is 711 g/mol. The molecule has 2 atom stereocenters. The van der Waals surface area contributed by atoms with Crippen LogP contribution < -0.4 is 5.32 Å². The van der Waals surface area contributed by atoms with Crippen molar-refractivity contribution in [3.63, 3.8) is 0 Å². The van der Waals surface area contributed by atoms with Gasteiger partial charge < -0.3 is 15.5 Å². The highest BCUT2D eigenvalue weighted by molar-refractivity contribution is 5.76. The van der Waals surface area contributed by atoms with Crippen molar-refractivity contribution in [3.8, 4) is 0 Å². The van der Waals surface area contributed by atoms with Crippen molar-refractivity contribution >= 4 is 5.91 Å². The number of carbonyl (C=O) groups excluding carboxylic acids is 1. The molecule has 0 saturated heterocycles. The van der Waals surface area contributed by atoms with Gasteiger partial charge >= 0.3 is 0 Å². The average Bonchev–Trinajstić information content (AvgIpc) is 3.23. The molecule has 0 aromatic heterocycles. The number of aliphatic hydroxyl groups excluding tert-OH is 2. The molecule has 0 bridgehead atoms. The molecule has 0 aromatic rings. The van der Waals surface area contributed by atoms with Crippen molar-refractivity contribution in [2.45, 2.75) is 296 Å². The predicted octanol–water partition coefficient (Wildman–Crippen LogP) is 16.9. The second-order valence-corrected chi connectivity index (χ2v) is 17.9. The molecule has 342 valence electrons. The minimum atomic E-state index is -0.857. The fourth-order valence-electron chi connectivity index (χ4n) is 8.07. The first kappa shape index (κ1) is 56.6. The third kappa shape index (κ3) is 45.7. The smallest absolute Gasteiger partial charge is 0.220 e. The Morgan fingerprint density at radius 3 is 1.03 bits per heavy atom. The third-order valence-corrected chi connectivity index (χ3v) is 12.1. The monoisotopic (exact) mass is 814 g/mol. The van der Waals surface area contributed by atoms with E-state index in [0.29, 0.717) is 6.42 Å². The first-order valence-corrected chi connectivity index (χ1v) is 26.2. The number of nitrogens with one attached hydrogen (secondary N) is 1. The molecule has 0 fully saturated rings. The van der Waals surface area contributed by atoms with Crippen LogP contribution in [0.25, 0.3) is 0 Å². The number of hydrogen-bond acceptors (Lipinski definition) is 3. The van der Waals surface area contributed by atoms with E-state index in [4.69, 9.17) is 0 Å². The average molecular weight is 814 g/mol. The Labute approximate surface area is 363 Å². The van der Waals surface area contributed by atoms with Crippen LogP contribution in [0.4, 0.5) is 0 Å². The van der Waals surface area contributed by atoms with Gasteiger partial charge in [0.1, 0.15) is 0 Å². The molecule has 0 spiro atoms. The van der Waals surface area contributed by atoms with Gasteiger partial charge in [-0.2, -0.15) is 0 Å². The molecule has 0 heterocycles. The number of allylic oxidation sites excluding steroid dienone is 5. The second kappa shape index (κ2) is 50.0. The predicted molar refractivity (Wildman–Crippen MR) is 258 cm³/mol. The Kier molecular flexibility index (Phi) is 48.8. The van der Waals surface area contributed by atoms with Crippen LogP contribution >= 0.6 is 0 Å². The van der Waals surface area contributed by atoms with E-state index in [-0.39, 0.29) is 12.5 Å². The van der Waals surface area contributed by atoms with Crippen molar-refractivity contribution in [3.05, 3.63) is 36.5 Å². The van der Waals surface area contributed by atoms with Gasteiger partial charge in [-0.05, 0) is 57.8 Å². The summed E-state index contributed by atoms with van der Waals surface area (Å²) < 4.78 is 0. The van der Waals surface area contributed by atoms with Gasteiger partial charge in [-0.1, -0.05) is 256 Å². The molecule has 2 unspecified atom stereocenters. The minimum absolute atomic E-state index is 0.0726. The largest absolute Gasteiger partial charge is 0.394 e. The molecule has 0 aliphatic carbocycles. The maximum Gasteiger partial charge on any atom is 0.220 e. The van der Waals surface area contributed by atoms with Crippen molar-refractivity contribution in [2.75, 3.05) is 6.61 Å². The summed E-state index contributed by atoms with van der Waals surface area (Å²) in [5, 5.41) is 22.9. The van der Waals surface area contributed by atoms with Crippen LogP contribution in [-0.2, 0) is 4.79 Å². The highest BCUT2D eigenvalue weighted by Crippen LogP contribution is 2.17. The fourth-order valence-corrected chi connectivity index (χ4v) is 8.07. The summed E-state index contributed by atoms with van der Waals surface area (Å²) in [5.41, 5.74) is 0. The molecule has 3 N–H and O–H groups in total. The van der Waals surface area contributed by atoms with Crippen LogP contribution in [0, 0.1) is 0 Å². The summed E-state index contributed by atoms with van der Waals surface area (Å²) in [6.07, 6.45) is 67.6. The van der Waals surface area contributed by atoms with E-state index in [9.17, 15) is 15.0 Å². The molecule has 0 aliphatic heterocycles. The third-order valence-electron chi connectivity index (χ3n) is 12.1. The summed E-state index contributed by atoms with van der Waals surface area (Å²) >= 11 is 0. The van der Waals surface area contributed by atoms with Crippen molar-refractivity contribution in [1.82, 2.24) is 5.32 Å². The summed E-state index contributed by atoms with van der Waals surface area (Å²) in [5.74, 6) is -0.0726. The molecule has 4 heteroatoms. The number of unbranched alkanes of at least 4 members (excludes halogenated alkanes) is 37. The van der Waals surface area contributed by atoms with Crippen LogP contribution in [0.2, 0.25) is 0 Å². The van der Waals surface area contributed by atoms with E-state index >= 15 is 0 Å². The van der Waals surface area contributed by atoms with Gasteiger partial charge in [0.25, 0.3) is 0 Å². The Morgan fingerprint density at radius 1 is 0.397 bits per heavy atom. The SMILES string of the molecule is CCCCC/C=C/CC/C=C/C(O)C(CO)NC(=O)CCCCCCCCCCCCCCCCCCCCCCCCCCC/C=C\CCCCCCCCCC. The van der Waals surface area contributed by atoms with E-state index in [0.717, 1.165) is 32.1 Å². The number of rotatable bonds is 48. The maximum absolute atomic E-state index is 12.4. The van der Waals surface area contributed by atoms with Crippen molar-refractivity contribution in [1.29, 1.82) is 0 Å². The molecule has 4 nitrogen and oxygen atoms in total. The summed E-state index contributed by atoms with van der Waals surface area (Å²) in [6, 6.07) is -0.634. The van der Waals surface area contributed by atoms with Crippen LogP contribution in [0.5, 0.6) is 0 Å². The second-order valence-electron chi connectivity index (χ2n) is 17.9. The van der Waals surface area contributed by atoms with E-state index < -0.39 is 12.1 Å². The number of hydrogen-bond donors (Lipinski definition) is 3. The van der Waals surface area contributed by atoms with E-state index in [1.54, 1.807) is 6.08 Å². The number of amides is 1. The van der Waals surface area contributed by atoms with Gasteiger partial charge in [0.05, 0.1) is 18.8 Å². The zero-order valence-electron chi connectivity index (χ0n) is 39.3. The van der Waals surface area contributed by atoms with E-state index in [1.165, 1.54) is 231 Å². The Hall–Kier alpha value is -1.39. The Balaban J connectivity index is 3.35. The Morgan fingerprint density at radius 2 is 0.672 bits per heavy atom. The summed E-state index contributed by atoms with van der Waals surface area (Å²) in [7, 11) is 0. The lowest BCUT2D eigenvalue weighted by atomic mass is 10.0. The standard InChI is InChI=1S/C54H103NO3/c1-3-5-7-9-11-13-14-15-16-17-18-19-20-21-22-23-24-25-26-27-28-29-30-31-32-33-34-35-36-37-38-39-40-42-44-46-48-50-54(58)55-52(51-56)53(57)49-47-45-43-41-12-10-8-6-4-2/h12,17-18,41,47,49,52-53,56-57H,3-11,13-16,19-40,42-46,48,50-51H2,1-2H3,(H,55,58)/b18-17-,41-12+,49-47+. The van der Waals surface area contributed by atoms with Crippen LogP contribution in [-0.4, -0.2) is 34.9 Å². The van der Waals surface area contributed by atoms with Crippen molar-refractivity contribution < 1.29 is 15.0 Å². The van der Waals surface area contributed by atoms with Crippen LogP contribution in [0.3, 0.4) is 0 Å². The highest BCUT2D eigenvalue weighted by atomic mass is 16.3. The molecule has 0 rings (SSSR count). The van der Waals surface area contributed by atoms with Gasteiger partial charge in [-0.3, -0.25) is 4.79 Å². The molecular formula is C54H103NO3. The molecule has 58 heavy (non-hydrogen) atoms. The molecule has 0 aliphatic rings. The quantitative estimate of drug-likeness (QED) is 0.0423. The highest BCUT2D eigenvalue weighted by Gasteiger charge is 2.17. The fraction of sp³-hybridized carbons (Fsp3) is 0.870. The summed E-state index contributed by atoms with van der Waals surface area (Å²) in [6.45, 7) is 4.26. The molecule has 0 aromatic carbocycles. The van der Waals surface area contributed by atoms with Gasteiger partial charge in [0, 0.05) is 6.42 Å². The van der Waals surface area contributed by atoms with Gasteiger partial charge in [0.2, 0.25) is 5.91 Å². The Bertz CT molecular complexity index is 882. The lowest BCUT2D eigenvalue weighted by Crippen LogP contribution is -2.45. The minimum Gasteiger partial charge on any atom is -0.394 e. The molecule has 0 radical (unpaired) electrons. The van der Waals surface area contributed by atoms with E-state index in [2.05, 4.69) is 43.5 Å². The van der Waals surface area contributed by atoms with Gasteiger partial charge in [0.15, 0.2) is 0 Å². The first-order chi connectivity index (χ1) is 28.7. The van der Waals surface area contributed by atoms with Crippen LogP contribution in [0.15, 0.2) is 36.5 Å². The van der Waals surface area contributed by atoms with Gasteiger partial charge in [-0.15, -0.1) is 0 Å². The van der Waals surface area contributed by atoms with Gasteiger partial charge in [-0.25, -0.2) is 0 Å². The summed E-state index contributed by atoms with van der Waals surface area (Å²) in [4.78, 5) is 12.4. The normalized spacial score (nSPS) is 13.1. The number of carbonyl (C=O) groups is 1. The van der Waals surface area contributed by atoms with E-state index in [1.807, 2.05) is 6.08 Å². The zero-order chi connectivity index (χ0) is 42.1. The topological polar surface area (TPSA) is 69.6 Å². The zero-order valence-corrected chi connectivity index (χ0v) is 39.3.